The van der Waals surface area contributed by atoms with E-state index in [0.717, 1.165) is 28.6 Å². The summed E-state index contributed by atoms with van der Waals surface area (Å²) in [6, 6.07) is 4.01. The third kappa shape index (κ3) is 3.02. The summed E-state index contributed by atoms with van der Waals surface area (Å²) in [5, 5.41) is 9.15. The molecule has 0 unspecified atom stereocenters. The van der Waals surface area contributed by atoms with Crippen molar-refractivity contribution in [3.63, 3.8) is 0 Å². The van der Waals surface area contributed by atoms with E-state index in [0.29, 0.717) is 0 Å². The van der Waals surface area contributed by atoms with E-state index in [1.807, 2.05) is 24.6 Å². The first-order valence-corrected chi connectivity index (χ1v) is 6.94. The van der Waals surface area contributed by atoms with Crippen molar-refractivity contribution in [2.45, 2.75) is 25.3 Å². The highest BCUT2D eigenvalue weighted by molar-refractivity contribution is 7.99. The van der Waals surface area contributed by atoms with Gasteiger partial charge in [-0.2, -0.15) is 5.10 Å². The molecule has 0 aliphatic rings. The lowest BCUT2D eigenvalue weighted by Gasteiger charge is -1.99. The molecule has 0 amide bonds. The Balaban J connectivity index is 1.84. The third-order valence-electron chi connectivity index (χ3n) is 2.20. The first-order valence-electron chi connectivity index (χ1n) is 5.08. The molecule has 0 fully saturated rings. The highest BCUT2D eigenvalue weighted by atomic mass is 32.2. The van der Waals surface area contributed by atoms with Gasteiger partial charge >= 0.3 is 0 Å². The van der Waals surface area contributed by atoms with Crippen LogP contribution >= 0.6 is 23.1 Å². The van der Waals surface area contributed by atoms with Crippen LogP contribution in [-0.2, 0) is 6.42 Å². The minimum atomic E-state index is 0.961. The van der Waals surface area contributed by atoms with Crippen molar-refractivity contribution in [2.24, 2.45) is 0 Å². The zero-order valence-corrected chi connectivity index (χ0v) is 10.9. The Labute approximate surface area is 103 Å². The zero-order valence-electron chi connectivity index (χ0n) is 9.30. The van der Waals surface area contributed by atoms with Gasteiger partial charge in [-0.3, -0.25) is 0 Å². The lowest BCUT2D eigenvalue weighted by atomic mass is 10.3. The van der Waals surface area contributed by atoms with E-state index in [-0.39, 0.29) is 0 Å². The van der Waals surface area contributed by atoms with Crippen LogP contribution in [0.25, 0.3) is 0 Å². The summed E-state index contributed by atoms with van der Waals surface area (Å²) >= 11 is 3.47. The Bertz CT molecular complexity index is 451. The highest BCUT2D eigenvalue weighted by Crippen LogP contribution is 2.19. The summed E-state index contributed by atoms with van der Waals surface area (Å²) in [6.07, 6.45) is 1.05. The molecule has 5 heteroatoms. The van der Waals surface area contributed by atoms with Gasteiger partial charge in [0, 0.05) is 10.6 Å². The molecule has 2 rings (SSSR count). The Morgan fingerprint density at radius 2 is 2.12 bits per heavy atom. The Morgan fingerprint density at radius 3 is 2.75 bits per heavy atom. The first-order chi connectivity index (χ1) is 7.75. The second-order valence-electron chi connectivity index (χ2n) is 3.47. The van der Waals surface area contributed by atoms with Crippen molar-refractivity contribution in [1.29, 1.82) is 0 Å². The predicted octanol–water partition coefficient (Wildman–Crippen LogP) is 2.88. The molecule has 0 atom stereocenters. The maximum absolute atomic E-state index is 4.24. The molecule has 0 saturated heterocycles. The average Bonchev–Trinajstić information content (AvgIpc) is 2.68. The number of nitrogens with zero attached hydrogens (tertiary/aromatic N) is 3. The summed E-state index contributed by atoms with van der Waals surface area (Å²) in [7, 11) is 0. The van der Waals surface area contributed by atoms with E-state index in [9.17, 15) is 0 Å². The van der Waals surface area contributed by atoms with Crippen LogP contribution in [0.1, 0.15) is 16.3 Å². The molecule has 0 bridgehead atoms. The lowest BCUT2D eigenvalue weighted by molar-refractivity contribution is 0.895. The van der Waals surface area contributed by atoms with Crippen LogP contribution in [0.5, 0.6) is 0 Å². The van der Waals surface area contributed by atoms with E-state index in [4.69, 9.17) is 0 Å². The van der Waals surface area contributed by atoms with Crippen molar-refractivity contribution in [3.8, 4) is 0 Å². The maximum Gasteiger partial charge on any atom is 0.119 e. The number of aromatic nitrogens is 3. The molecule has 2 aromatic rings. The van der Waals surface area contributed by atoms with Gasteiger partial charge in [0.1, 0.15) is 5.03 Å². The van der Waals surface area contributed by atoms with Crippen LogP contribution in [0, 0.1) is 13.8 Å². The van der Waals surface area contributed by atoms with Crippen LogP contribution in [0.2, 0.25) is 0 Å². The van der Waals surface area contributed by atoms with E-state index >= 15 is 0 Å². The SMILES string of the molecule is Cc1ccc(SCCc2scnc2C)nn1. The van der Waals surface area contributed by atoms with E-state index in [1.54, 1.807) is 23.1 Å². The number of rotatable bonds is 4. The van der Waals surface area contributed by atoms with Crippen LogP contribution < -0.4 is 0 Å². The molecule has 84 valence electrons. The largest absolute Gasteiger partial charge is 0.250 e. The summed E-state index contributed by atoms with van der Waals surface area (Å²) in [6.45, 7) is 4.00. The minimum absolute atomic E-state index is 0.961. The molecule has 0 radical (unpaired) electrons. The van der Waals surface area contributed by atoms with Crippen molar-refractivity contribution >= 4 is 23.1 Å². The van der Waals surface area contributed by atoms with Gasteiger partial charge in [-0.25, -0.2) is 4.98 Å². The summed E-state index contributed by atoms with van der Waals surface area (Å²) in [5.41, 5.74) is 4.02. The zero-order chi connectivity index (χ0) is 11.4. The molecule has 0 N–H and O–H groups in total. The van der Waals surface area contributed by atoms with Crippen LogP contribution in [0.4, 0.5) is 0 Å². The van der Waals surface area contributed by atoms with Crippen LogP contribution in [0.3, 0.4) is 0 Å². The topological polar surface area (TPSA) is 38.7 Å². The fourth-order valence-corrected chi connectivity index (χ4v) is 2.97. The summed E-state index contributed by atoms with van der Waals surface area (Å²) < 4.78 is 0. The Hall–Kier alpha value is -0.940. The fourth-order valence-electron chi connectivity index (χ4n) is 1.28. The maximum atomic E-state index is 4.24. The molecule has 2 aromatic heterocycles. The molecule has 0 aromatic carbocycles. The van der Waals surface area contributed by atoms with Crippen molar-refractivity contribution in [3.05, 3.63) is 33.9 Å². The van der Waals surface area contributed by atoms with E-state index in [1.165, 1.54) is 4.88 Å². The highest BCUT2D eigenvalue weighted by Gasteiger charge is 2.02. The summed E-state index contributed by atoms with van der Waals surface area (Å²) in [4.78, 5) is 5.60. The van der Waals surface area contributed by atoms with E-state index in [2.05, 4.69) is 22.1 Å². The molecule has 0 aliphatic carbocycles. The molecule has 16 heavy (non-hydrogen) atoms. The normalized spacial score (nSPS) is 10.6. The Kier molecular flexibility index (Phi) is 3.90. The van der Waals surface area contributed by atoms with Gasteiger partial charge in [-0.15, -0.1) is 28.2 Å². The third-order valence-corrected chi connectivity index (χ3v) is 4.11. The number of thiazole rings is 1. The minimum Gasteiger partial charge on any atom is -0.250 e. The smallest absolute Gasteiger partial charge is 0.119 e. The van der Waals surface area contributed by atoms with Gasteiger partial charge in [0.2, 0.25) is 0 Å². The quantitative estimate of drug-likeness (QED) is 0.783. The van der Waals surface area contributed by atoms with Crippen LogP contribution in [0.15, 0.2) is 22.7 Å². The molecular formula is C11H13N3S2. The molecule has 0 saturated carbocycles. The second kappa shape index (κ2) is 5.41. The predicted molar refractivity (Wildman–Crippen MR) is 68.0 cm³/mol. The number of hydrogen-bond acceptors (Lipinski definition) is 5. The van der Waals surface area contributed by atoms with Crippen LogP contribution in [-0.4, -0.2) is 20.9 Å². The van der Waals surface area contributed by atoms with Crippen molar-refractivity contribution < 1.29 is 0 Å². The Morgan fingerprint density at radius 1 is 1.25 bits per heavy atom. The second-order valence-corrected chi connectivity index (χ2v) is 5.53. The molecule has 0 aliphatic heterocycles. The van der Waals surface area contributed by atoms with Gasteiger partial charge < -0.3 is 0 Å². The van der Waals surface area contributed by atoms with Gasteiger partial charge in [0.15, 0.2) is 0 Å². The van der Waals surface area contributed by atoms with Gasteiger partial charge in [0.05, 0.1) is 16.9 Å². The molecule has 3 nitrogen and oxygen atoms in total. The average molecular weight is 251 g/mol. The van der Waals surface area contributed by atoms with Crippen molar-refractivity contribution in [1.82, 2.24) is 15.2 Å². The molecule has 2 heterocycles. The van der Waals surface area contributed by atoms with E-state index < -0.39 is 0 Å². The number of aryl methyl sites for hydroxylation is 3. The molecular weight excluding hydrogens is 238 g/mol. The lowest BCUT2D eigenvalue weighted by Crippen LogP contribution is -1.91. The standard InChI is InChI=1S/C11H13N3S2/c1-8-3-4-11(14-13-8)15-6-5-10-9(2)12-7-16-10/h3-4,7H,5-6H2,1-2H3. The fraction of sp³-hybridized carbons (Fsp3) is 0.364. The monoisotopic (exact) mass is 251 g/mol. The van der Waals surface area contributed by atoms with Gasteiger partial charge in [0.25, 0.3) is 0 Å². The van der Waals surface area contributed by atoms with Gasteiger partial charge in [-0.05, 0) is 32.4 Å². The summed E-state index contributed by atoms with van der Waals surface area (Å²) in [5.74, 6) is 1.03. The molecule has 0 spiro atoms. The number of hydrogen-bond donors (Lipinski definition) is 0. The number of thioether (sulfide) groups is 1. The first kappa shape index (κ1) is 11.5. The van der Waals surface area contributed by atoms with Crippen molar-refractivity contribution in [2.75, 3.05) is 5.75 Å². The van der Waals surface area contributed by atoms with Gasteiger partial charge in [-0.1, -0.05) is 0 Å².